The van der Waals surface area contributed by atoms with E-state index in [-0.39, 0.29) is 11.5 Å². The minimum atomic E-state index is -0.483. The zero-order chi connectivity index (χ0) is 10.8. The van der Waals surface area contributed by atoms with Gasteiger partial charge in [-0.1, -0.05) is 0 Å². The normalized spacial score (nSPS) is 10.2. The van der Waals surface area contributed by atoms with Gasteiger partial charge in [0.05, 0.1) is 0 Å². The summed E-state index contributed by atoms with van der Waals surface area (Å²) in [6, 6.07) is 0. The number of nitrogens with one attached hydrogen (secondary N) is 1. The second kappa shape index (κ2) is 3.65. The smallest absolute Gasteiger partial charge is 0.283 e. The molecule has 2 aromatic rings. The quantitative estimate of drug-likeness (QED) is 0.777. The lowest BCUT2D eigenvalue weighted by Crippen LogP contribution is -2.13. The van der Waals surface area contributed by atoms with Crippen LogP contribution in [0.25, 0.3) is 0 Å². The molecule has 0 aliphatic rings. The van der Waals surface area contributed by atoms with Crippen LogP contribution < -0.4 is 11.1 Å². The maximum Gasteiger partial charge on any atom is 0.283 e. The Morgan fingerprint density at radius 3 is 2.93 bits per heavy atom. The van der Waals surface area contributed by atoms with Gasteiger partial charge in [0.1, 0.15) is 0 Å². The molecular weight excluding hydrogens is 218 g/mol. The molecule has 0 fully saturated rings. The Morgan fingerprint density at radius 1 is 1.60 bits per heavy atom. The number of anilines is 2. The summed E-state index contributed by atoms with van der Waals surface area (Å²) in [7, 11) is 0. The van der Waals surface area contributed by atoms with Gasteiger partial charge in [0, 0.05) is 11.1 Å². The van der Waals surface area contributed by atoms with Crippen LogP contribution in [0.2, 0.25) is 0 Å². The molecule has 0 aliphatic heterocycles. The summed E-state index contributed by atoms with van der Waals surface area (Å²) in [5.41, 5.74) is 5.32. The van der Waals surface area contributed by atoms with Crippen molar-refractivity contribution in [2.75, 3.05) is 11.1 Å². The number of amides is 1. The van der Waals surface area contributed by atoms with E-state index >= 15 is 0 Å². The monoisotopic (exact) mass is 225 g/mol. The average molecular weight is 225 g/mol. The number of rotatable bonds is 2. The predicted octanol–water partition coefficient (Wildman–Crippen LogP) is 0.669. The molecule has 0 bridgehead atoms. The molecule has 3 N–H and O–H groups in total. The third-order valence-electron chi connectivity index (χ3n) is 1.57. The number of thiazole rings is 1. The van der Waals surface area contributed by atoms with Crippen LogP contribution >= 0.6 is 11.3 Å². The zero-order valence-electron chi connectivity index (χ0n) is 7.72. The molecule has 0 spiro atoms. The van der Waals surface area contributed by atoms with Gasteiger partial charge >= 0.3 is 0 Å². The summed E-state index contributed by atoms with van der Waals surface area (Å²) in [5, 5.41) is 9.69. The molecule has 0 saturated carbocycles. The summed E-state index contributed by atoms with van der Waals surface area (Å²) in [6.45, 7) is 1.89. The van der Waals surface area contributed by atoms with Gasteiger partial charge in [0.25, 0.3) is 5.91 Å². The Hall–Kier alpha value is -1.96. The first kappa shape index (κ1) is 9.59. The summed E-state index contributed by atoms with van der Waals surface area (Å²) >= 11 is 1.36. The highest BCUT2D eigenvalue weighted by Crippen LogP contribution is 2.17. The molecular formula is C7H7N5O2S. The first-order valence-electron chi connectivity index (χ1n) is 3.98. The van der Waals surface area contributed by atoms with Crippen LogP contribution in [0.4, 0.5) is 10.9 Å². The summed E-state index contributed by atoms with van der Waals surface area (Å²) in [6.07, 6.45) is 1.66. The van der Waals surface area contributed by atoms with E-state index in [4.69, 9.17) is 5.73 Å². The number of carbonyl (C=O) groups excluding carboxylic acids is 1. The molecule has 15 heavy (non-hydrogen) atoms. The maximum atomic E-state index is 11.5. The molecule has 0 unspecified atom stereocenters. The standard InChI is InChI=1S/C7H7N5O2S/c1-3-2-9-7(15-3)10-6(13)4-5(8)12-14-11-4/h2H,1H3,(H2,8,12)(H,9,10,13). The van der Waals surface area contributed by atoms with E-state index in [1.54, 1.807) is 6.20 Å². The number of hydrogen-bond donors (Lipinski definition) is 2. The van der Waals surface area contributed by atoms with Crippen LogP contribution in [0.5, 0.6) is 0 Å². The van der Waals surface area contributed by atoms with Crippen LogP contribution in [0, 0.1) is 6.92 Å². The Balaban J connectivity index is 2.14. The van der Waals surface area contributed by atoms with Crippen molar-refractivity contribution in [3.05, 3.63) is 16.8 Å². The van der Waals surface area contributed by atoms with Crippen LogP contribution in [0.3, 0.4) is 0 Å². The fourth-order valence-electron chi connectivity index (χ4n) is 0.922. The van der Waals surface area contributed by atoms with Gasteiger partial charge < -0.3 is 5.73 Å². The molecule has 0 aromatic carbocycles. The van der Waals surface area contributed by atoms with Crippen molar-refractivity contribution >= 4 is 28.2 Å². The van der Waals surface area contributed by atoms with E-state index in [2.05, 4.69) is 25.2 Å². The second-order valence-electron chi connectivity index (χ2n) is 2.73. The van der Waals surface area contributed by atoms with Crippen molar-refractivity contribution in [2.24, 2.45) is 0 Å². The fraction of sp³-hybridized carbons (Fsp3) is 0.143. The largest absolute Gasteiger partial charge is 0.379 e. The topological polar surface area (TPSA) is 107 Å². The fourth-order valence-corrected chi connectivity index (χ4v) is 1.58. The molecule has 7 nitrogen and oxygen atoms in total. The van der Waals surface area contributed by atoms with Crippen molar-refractivity contribution in [1.29, 1.82) is 0 Å². The van der Waals surface area contributed by atoms with Gasteiger partial charge in [-0.25, -0.2) is 9.61 Å². The molecule has 2 heterocycles. The van der Waals surface area contributed by atoms with Crippen molar-refractivity contribution in [1.82, 2.24) is 15.3 Å². The highest BCUT2D eigenvalue weighted by Gasteiger charge is 2.16. The van der Waals surface area contributed by atoms with Gasteiger partial charge in [0.2, 0.25) is 11.5 Å². The minimum Gasteiger partial charge on any atom is -0.379 e. The Kier molecular flexibility index (Phi) is 2.34. The van der Waals surface area contributed by atoms with E-state index < -0.39 is 5.91 Å². The highest BCUT2D eigenvalue weighted by molar-refractivity contribution is 7.15. The zero-order valence-corrected chi connectivity index (χ0v) is 8.54. The summed E-state index contributed by atoms with van der Waals surface area (Å²) in [5.74, 6) is -0.524. The molecule has 8 heteroatoms. The van der Waals surface area contributed by atoms with Gasteiger partial charge in [0.15, 0.2) is 5.13 Å². The molecule has 0 saturated heterocycles. The number of nitrogens with zero attached hydrogens (tertiary/aromatic N) is 3. The number of carbonyl (C=O) groups is 1. The van der Waals surface area contributed by atoms with Gasteiger partial charge in [-0.3, -0.25) is 10.1 Å². The molecule has 0 atom stereocenters. The Labute approximate surface area is 88.3 Å². The number of nitrogens with two attached hydrogens (primary N) is 1. The molecule has 2 rings (SSSR count). The lowest BCUT2D eigenvalue weighted by molar-refractivity contribution is 0.101. The van der Waals surface area contributed by atoms with Gasteiger partial charge in [-0.2, -0.15) is 0 Å². The second-order valence-corrected chi connectivity index (χ2v) is 3.96. The van der Waals surface area contributed by atoms with Gasteiger partial charge in [-0.15, -0.1) is 11.3 Å². The van der Waals surface area contributed by atoms with Crippen LogP contribution in [0.1, 0.15) is 15.4 Å². The van der Waals surface area contributed by atoms with Crippen molar-refractivity contribution in [2.45, 2.75) is 6.92 Å². The molecule has 78 valence electrons. The minimum absolute atomic E-state index is 0.0390. The first-order valence-corrected chi connectivity index (χ1v) is 4.80. The lowest BCUT2D eigenvalue weighted by atomic mass is 10.4. The number of hydrogen-bond acceptors (Lipinski definition) is 7. The highest BCUT2D eigenvalue weighted by atomic mass is 32.1. The van der Waals surface area contributed by atoms with E-state index in [0.29, 0.717) is 5.13 Å². The number of aryl methyl sites for hydroxylation is 1. The molecule has 0 aliphatic carbocycles. The Bertz CT molecular complexity index is 491. The van der Waals surface area contributed by atoms with E-state index in [9.17, 15) is 4.79 Å². The first-order chi connectivity index (χ1) is 7.16. The molecule has 2 aromatic heterocycles. The average Bonchev–Trinajstić information content (AvgIpc) is 2.75. The van der Waals surface area contributed by atoms with Crippen molar-refractivity contribution < 1.29 is 9.42 Å². The molecule has 0 radical (unpaired) electrons. The lowest BCUT2D eigenvalue weighted by Gasteiger charge is -1.96. The van der Waals surface area contributed by atoms with Gasteiger partial charge in [-0.05, 0) is 17.2 Å². The van der Waals surface area contributed by atoms with Crippen LogP contribution in [0.15, 0.2) is 10.8 Å². The third-order valence-corrected chi connectivity index (χ3v) is 2.40. The van der Waals surface area contributed by atoms with E-state index in [1.165, 1.54) is 11.3 Å². The SMILES string of the molecule is Cc1cnc(NC(=O)c2nonc2N)s1. The van der Waals surface area contributed by atoms with Crippen molar-refractivity contribution in [3.63, 3.8) is 0 Å². The van der Waals surface area contributed by atoms with E-state index in [0.717, 1.165) is 4.88 Å². The van der Waals surface area contributed by atoms with Crippen LogP contribution in [-0.4, -0.2) is 21.2 Å². The third kappa shape index (κ3) is 1.94. The van der Waals surface area contributed by atoms with E-state index in [1.807, 2.05) is 6.92 Å². The predicted molar refractivity (Wildman–Crippen MR) is 53.5 cm³/mol. The number of nitrogen functional groups attached to an aromatic ring is 1. The summed E-state index contributed by atoms with van der Waals surface area (Å²) < 4.78 is 4.31. The summed E-state index contributed by atoms with van der Waals surface area (Å²) in [4.78, 5) is 16.5. The Morgan fingerprint density at radius 2 is 2.40 bits per heavy atom. The molecule has 1 amide bonds. The number of aromatic nitrogens is 3. The maximum absolute atomic E-state index is 11.5. The van der Waals surface area contributed by atoms with Crippen LogP contribution in [-0.2, 0) is 0 Å². The van der Waals surface area contributed by atoms with Crippen molar-refractivity contribution in [3.8, 4) is 0 Å².